The van der Waals surface area contributed by atoms with Crippen LogP contribution in [0.1, 0.15) is 13.8 Å². The van der Waals surface area contributed by atoms with Crippen LogP contribution >= 0.6 is 8.60 Å². The zero-order chi connectivity index (χ0) is 14.1. The monoisotopic (exact) mass is 279 g/mol. The Balaban J connectivity index is 4.22. The smallest absolute Gasteiger partial charge is 0.225 e. The lowest BCUT2D eigenvalue weighted by Crippen LogP contribution is -2.31. The van der Waals surface area contributed by atoms with Crippen LogP contribution in [0.3, 0.4) is 0 Å². The van der Waals surface area contributed by atoms with Crippen molar-refractivity contribution in [3.8, 4) is 0 Å². The van der Waals surface area contributed by atoms with E-state index < -0.39 is 26.5 Å². The minimum Gasteiger partial charge on any atom is -0.633 e. The quantitative estimate of drug-likeness (QED) is 0.412. The lowest BCUT2D eigenvalue weighted by atomic mass is 9.96. The van der Waals surface area contributed by atoms with Crippen molar-refractivity contribution < 1.29 is 23.5 Å². The van der Waals surface area contributed by atoms with Crippen molar-refractivity contribution in [2.45, 2.75) is 20.0 Å². The third-order valence-corrected chi connectivity index (χ3v) is 3.36. The molecule has 0 radical (unpaired) electrons. The van der Waals surface area contributed by atoms with Crippen molar-refractivity contribution in [1.82, 2.24) is 4.90 Å². The van der Waals surface area contributed by atoms with Gasteiger partial charge in [-0.2, -0.15) is 0 Å². The Labute approximate surface area is 109 Å². The Morgan fingerprint density at radius 2 is 1.72 bits per heavy atom. The van der Waals surface area contributed by atoms with Crippen molar-refractivity contribution in [1.29, 1.82) is 0 Å². The molecule has 0 amide bonds. The van der Waals surface area contributed by atoms with Crippen molar-refractivity contribution >= 4 is 21.2 Å². The van der Waals surface area contributed by atoms with E-state index >= 15 is 0 Å². The van der Waals surface area contributed by atoms with Crippen LogP contribution in [0.15, 0.2) is 0 Å². The predicted octanol–water partition coefficient (Wildman–Crippen LogP) is -0.0607. The Hall–Kier alpha value is -0.390. The average Bonchev–Trinajstić information content (AvgIpc) is 2.33. The molecule has 18 heavy (non-hydrogen) atoms. The molecule has 0 heterocycles. The second kappa shape index (κ2) is 9.53. The highest BCUT2D eigenvalue weighted by molar-refractivity contribution is 7.39. The summed E-state index contributed by atoms with van der Waals surface area (Å²) in [6.07, 6.45) is 0.657. The van der Waals surface area contributed by atoms with Gasteiger partial charge in [-0.3, -0.25) is 0 Å². The summed E-state index contributed by atoms with van der Waals surface area (Å²) in [5.41, 5.74) is 0. The maximum absolute atomic E-state index is 11.6. The fraction of sp³-hybridized carbons (Fsp3) is 0.818. The molecular formula is C11H22NO5P. The van der Waals surface area contributed by atoms with Gasteiger partial charge in [0.05, 0.1) is 0 Å². The third kappa shape index (κ3) is 7.13. The molecule has 0 aliphatic heterocycles. The second-order valence-corrected chi connectivity index (χ2v) is 5.50. The maximum Gasteiger partial charge on any atom is 0.225 e. The van der Waals surface area contributed by atoms with E-state index in [9.17, 15) is 14.5 Å². The molecule has 0 rings (SSSR count). The zero-order valence-electron chi connectivity index (χ0n) is 11.3. The first kappa shape index (κ1) is 17.6. The lowest BCUT2D eigenvalue weighted by molar-refractivity contribution is -0.211. The van der Waals surface area contributed by atoms with E-state index in [2.05, 4.69) is 0 Å². The van der Waals surface area contributed by atoms with Gasteiger partial charge in [0, 0.05) is 18.4 Å². The summed E-state index contributed by atoms with van der Waals surface area (Å²) in [7, 11) is 1.05. The van der Waals surface area contributed by atoms with Crippen LogP contribution in [0, 0.1) is 11.8 Å². The van der Waals surface area contributed by atoms with Gasteiger partial charge in [0.2, 0.25) is 8.60 Å². The summed E-state index contributed by atoms with van der Waals surface area (Å²) in [5.74, 6) is -1.01. The maximum atomic E-state index is 11.6. The van der Waals surface area contributed by atoms with Crippen LogP contribution < -0.4 is 4.89 Å². The van der Waals surface area contributed by atoms with E-state index in [1.165, 1.54) is 0 Å². The number of nitrogens with zero attached hydrogens (tertiary/aromatic N) is 1. The molecule has 7 heteroatoms. The number of rotatable bonds is 10. The number of carbonyl (C=O) groups is 2. The van der Waals surface area contributed by atoms with Crippen LogP contribution in [0.2, 0.25) is 0 Å². The van der Waals surface area contributed by atoms with Gasteiger partial charge >= 0.3 is 0 Å². The summed E-state index contributed by atoms with van der Waals surface area (Å²) in [6, 6.07) is 0. The van der Waals surface area contributed by atoms with Crippen LogP contribution in [0.5, 0.6) is 0 Å². The van der Waals surface area contributed by atoms with Gasteiger partial charge in [-0.05, 0) is 14.1 Å². The predicted molar refractivity (Wildman–Crippen MR) is 68.2 cm³/mol. The largest absolute Gasteiger partial charge is 0.633 e. The van der Waals surface area contributed by atoms with Crippen molar-refractivity contribution in [3.63, 3.8) is 0 Å². The summed E-state index contributed by atoms with van der Waals surface area (Å²) in [4.78, 5) is 34.9. The first-order chi connectivity index (χ1) is 8.42. The van der Waals surface area contributed by atoms with Gasteiger partial charge in [-0.25, -0.2) is 9.05 Å². The van der Waals surface area contributed by atoms with Crippen molar-refractivity contribution in [3.05, 3.63) is 0 Å². The number of hydrogen-bond donors (Lipinski definition) is 0. The Morgan fingerprint density at radius 1 is 1.22 bits per heavy atom. The number of aldehydes is 2. The SMILES string of the molecule is CC(C=O)C(O[PH+]([O-])OCCN(C)C)C(C)C=O. The van der Waals surface area contributed by atoms with Crippen LogP contribution in [-0.2, 0) is 18.6 Å². The number of carbonyl (C=O) groups excluding carboxylic acids is 2. The highest BCUT2D eigenvalue weighted by Crippen LogP contribution is 2.33. The summed E-state index contributed by atoms with van der Waals surface area (Å²) >= 11 is 0. The first-order valence-electron chi connectivity index (χ1n) is 5.81. The molecule has 0 N–H and O–H groups in total. The van der Waals surface area contributed by atoms with E-state index in [1.807, 2.05) is 19.0 Å². The second-order valence-electron chi connectivity index (χ2n) is 4.47. The molecule has 0 aliphatic rings. The Morgan fingerprint density at radius 3 is 2.11 bits per heavy atom. The van der Waals surface area contributed by atoms with Crippen LogP contribution in [0.25, 0.3) is 0 Å². The van der Waals surface area contributed by atoms with E-state index in [0.29, 0.717) is 19.1 Å². The molecule has 0 aromatic carbocycles. The number of likely N-dealkylation sites (N-methyl/N-ethyl adjacent to an activating group) is 1. The van der Waals surface area contributed by atoms with Gasteiger partial charge in [0.1, 0.15) is 25.3 Å². The molecule has 106 valence electrons. The van der Waals surface area contributed by atoms with Crippen LogP contribution in [0.4, 0.5) is 0 Å². The molecule has 6 nitrogen and oxygen atoms in total. The van der Waals surface area contributed by atoms with E-state index in [1.54, 1.807) is 13.8 Å². The Bertz CT molecular complexity index is 238. The molecule has 3 unspecified atom stereocenters. The normalized spacial score (nSPS) is 18.1. The molecule has 0 spiro atoms. The molecule has 0 aromatic heterocycles. The topological polar surface area (TPSA) is 78.9 Å². The fourth-order valence-electron chi connectivity index (χ4n) is 1.31. The van der Waals surface area contributed by atoms with Gasteiger partial charge in [-0.1, -0.05) is 13.8 Å². The molecular weight excluding hydrogens is 257 g/mol. The molecule has 0 aliphatic carbocycles. The fourth-order valence-corrected chi connectivity index (χ4v) is 2.28. The highest BCUT2D eigenvalue weighted by Gasteiger charge is 2.29. The molecule has 0 saturated carbocycles. The summed E-state index contributed by atoms with van der Waals surface area (Å²) < 4.78 is 10.2. The van der Waals surface area contributed by atoms with Gasteiger partial charge in [-0.15, -0.1) is 0 Å². The van der Waals surface area contributed by atoms with Crippen LogP contribution in [-0.4, -0.2) is 50.8 Å². The lowest BCUT2D eigenvalue weighted by Gasteiger charge is -2.24. The van der Waals surface area contributed by atoms with Crippen molar-refractivity contribution in [2.75, 3.05) is 27.2 Å². The average molecular weight is 279 g/mol. The molecule has 0 bridgehead atoms. The first-order valence-corrected chi connectivity index (χ1v) is 7.03. The molecule has 3 atom stereocenters. The zero-order valence-corrected chi connectivity index (χ0v) is 12.3. The minimum atomic E-state index is -2.69. The summed E-state index contributed by atoms with van der Waals surface area (Å²) in [6.45, 7) is 4.14. The van der Waals surface area contributed by atoms with Gasteiger partial charge in [0.15, 0.2) is 0 Å². The van der Waals surface area contributed by atoms with Crippen molar-refractivity contribution in [2.24, 2.45) is 11.8 Å². The minimum absolute atomic E-state index is 0.280. The standard InChI is InChI=1S/C11H22NO5P/c1-9(7-13)11(10(2)8-14)17-18(15)16-6-5-12(3)4/h7-11,18H,5-6H2,1-4H3. The molecule has 0 fully saturated rings. The Kier molecular flexibility index (Phi) is 9.32. The van der Waals surface area contributed by atoms with Gasteiger partial charge < -0.3 is 19.4 Å². The van der Waals surface area contributed by atoms with E-state index in [-0.39, 0.29) is 6.61 Å². The number of hydrogen-bond acceptors (Lipinski definition) is 6. The summed E-state index contributed by atoms with van der Waals surface area (Å²) in [5, 5.41) is 0. The highest BCUT2D eigenvalue weighted by atomic mass is 31.2. The molecule has 0 saturated heterocycles. The molecule has 0 aromatic rings. The van der Waals surface area contributed by atoms with Gasteiger partial charge in [0.25, 0.3) is 0 Å². The third-order valence-electron chi connectivity index (χ3n) is 2.46. The van der Waals surface area contributed by atoms with E-state index in [4.69, 9.17) is 9.05 Å². The van der Waals surface area contributed by atoms with E-state index in [0.717, 1.165) is 0 Å².